The molecule has 0 aliphatic heterocycles. The lowest BCUT2D eigenvalue weighted by Crippen LogP contribution is -1.89. The molecule has 7 nitrogen and oxygen atoms in total. The Kier molecular flexibility index (Phi) is 5.51. The molecule has 26 heavy (non-hydrogen) atoms. The van der Waals surface area contributed by atoms with Crippen molar-refractivity contribution < 1.29 is 4.92 Å². The predicted octanol–water partition coefficient (Wildman–Crippen LogP) is 6.16. The van der Waals surface area contributed by atoms with Crippen molar-refractivity contribution in [1.29, 1.82) is 0 Å². The summed E-state index contributed by atoms with van der Waals surface area (Å²) in [5, 5.41) is 27.6. The Bertz CT molecular complexity index is 910. The van der Waals surface area contributed by atoms with Gasteiger partial charge in [-0.05, 0) is 24.3 Å². The van der Waals surface area contributed by atoms with E-state index in [4.69, 9.17) is 0 Å². The first-order valence-corrected chi connectivity index (χ1v) is 7.88. The second kappa shape index (κ2) is 8.39. The van der Waals surface area contributed by atoms with Gasteiger partial charge in [0.25, 0.3) is 5.69 Å². The minimum Gasteiger partial charge on any atom is -0.258 e. The summed E-state index contributed by atoms with van der Waals surface area (Å²) in [6, 6.07) is 24.7. The van der Waals surface area contributed by atoms with Gasteiger partial charge in [-0.1, -0.05) is 48.5 Å². The monoisotopic (exact) mass is 345 g/mol. The quantitative estimate of drug-likeness (QED) is 0.304. The SMILES string of the molecule is O=[N+]([O-])c1ccc(N=NC(N=Nc2ccccc2)c2ccccc2)cc1. The van der Waals surface area contributed by atoms with Gasteiger partial charge in [-0.15, -0.1) is 0 Å². The van der Waals surface area contributed by atoms with Crippen molar-refractivity contribution in [3.63, 3.8) is 0 Å². The molecular weight excluding hydrogens is 330 g/mol. The molecule has 7 heteroatoms. The number of nitrogens with zero attached hydrogens (tertiary/aromatic N) is 5. The molecule has 0 aromatic heterocycles. The average molecular weight is 345 g/mol. The van der Waals surface area contributed by atoms with Crippen LogP contribution in [0.4, 0.5) is 17.1 Å². The highest BCUT2D eigenvalue weighted by Crippen LogP contribution is 2.25. The summed E-state index contributed by atoms with van der Waals surface area (Å²) in [6.07, 6.45) is -0.605. The zero-order valence-electron chi connectivity index (χ0n) is 13.7. The number of hydrogen-bond donors (Lipinski definition) is 0. The van der Waals surface area contributed by atoms with Crippen molar-refractivity contribution in [2.75, 3.05) is 0 Å². The van der Waals surface area contributed by atoms with Gasteiger partial charge in [-0.3, -0.25) is 10.1 Å². The van der Waals surface area contributed by atoms with Gasteiger partial charge in [-0.2, -0.15) is 20.5 Å². The van der Waals surface area contributed by atoms with E-state index >= 15 is 0 Å². The normalized spacial score (nSPS) is 12.5. The lowest BCUT2D eigenvalue weighted by Gasteiger charge is -2.05. The summed E-state index contributed by atoms with van der Waals surface area (Å²) in [7, 11) is 0. The molecule has 0 saturated heterocycles. The topological polar surface area (TPSA) is 92.6 Å². The number of nitro groups is 1. The van der Waals surface area contributed by atoms with Crippen LogP contribution in [0.5, 0.6) is 0 Å². The lowest BCUT2D eigenvalue weighted by molar-refractivity contribution is -0.384. The van der Waals surface area contributed by atoms with Crippen molar-refractivity contribution in [2.24, 2.45) is 20.5 Å². The average Bonchev–Trinajstić information content (AvgIpc) is 2.70. The third kappa shape index (κ3) is 4.64. The number of benzene rings is 3. The Balaban J connectivity index is 1.83. The van der Waals surface area contributed by atoms with Crippen LogP contribution in [-0.4, -0.2) is 4.92 Å². The molecule has 3 aromatic carbocycles. The van der Waals surface area contributed by atoms with Gasteiger partial charge in [-0.25, -0.2) is 0 Å². The first-order chi connectivity index (χ1) is 12.7. The van der Waals surface area contributed by atoms with E-state index in [1.807, 2.05) is 60.7 Å². The molecule has 0 aliphatic carbocycles. The molecule has 0 radical (unpaired) electrons. The third-order valence-electron chi connectivity index (χ3n) is 3.48. The third-order valence-corrected chi connectivity index (χ3v) is 3.48. The smallest absolute Gasteiger partial charge is 0.258 e. The molecule has 1 atom stereocenters. The zero-order valence-corrected chi connectivity index (χ0v) is 13.7. The van der Waals surface area contributed by atoms with E-state index in [1.54, 1.807) is 0 Å². The first kappa shape index (κ1) is 17.1. The molecule has 0 spiro atoms. The van der Waals surface area contributed by atoms with Crippen LogP contribution in [0, 0.1) is 10.1 Å². The summed E-state index contributed by atoms with van der Waals surface area (Å²) >= 11 is 0. The molecule has 3 aromatic rings. The number of azo groups is 2. The van der Waals surface area contributed by atoms with Crippen LogP contribution in [0.25, 0.3) is 0 Å². The number of non-ortho nitro benzene ring substituents is 1. The van der Waals surface area contributed by atoms with Crippen molar-refractivity contribution >= 4 is 17.1 Å². The standard InChI is InChI=1S/C19H15N5O2/c25-24(26)18-13-11-17(12-14-18)21-23-19(15-7-3-1-4-8-15)22-20-16-9-5-2-6-10-16/h1-14,19H. The van der Waals surface area contributed by atoms with Crippen LogP contribution >= 0.6 is 0 Å². The van der Waals surface area contributed by atoms with Gasteiger partial charge in [0, 0.05) is 17.7 Å². The molecule has 0 amide bonds. The van der Waals surface area contributed by atoms with Gasteiger partial charge in [0.15, 0.2) is 0 Å². The number of nitro benzene ring substituents is 1. The highest BCUT2D eigenvalue weighted by Gasteiger charge is 2.09. The minimum atomic E-state index is -0.605. The molecule has 1 unspecified atom stereocenters. The predicted molar refractivity (Wildman–Crippen MR) is 97.8 cm³/mol. The van der Waals surface area contributed by atoms with E-state index in [1.165, 1.54) is 24.3 Å². The lowest BCUT2D eigenvalue weighted by atomic mass is 10.2. The molecule has 128 valence electrons. The molecule has 0 aliphatic rings. The minimum absolute atomic E-state index is 0.00678. The van der Waals surface area contributed by atoms with Crippen LogP contribution < -0.4 is 0 Å². The second-order valence-electron chi connectivity index (χ2n) is 5.32. The fourth-order valence-corrected chi connectivity index (χ4v) is 2.16. The Morgan fingerprint density at radius 3 is 1.73 bits per heavy atom. The van der Waals surface area contributed by atoms with E-state index in [9.17, 15) is 10.1 Å². The van der Waals surface area contributed by atoms with Gasteiger partial charge in [0.1, 0.15) is 0 Å². The summed E-state index contributed by atoms with van der Waals surface area (Å²) in [5.74, 6) is 0. The van der Waals surface area contributed by atoms with Crippen molar-refractivity contribution in [1.82, 2.24) is 0 Å². The van der Waals surface area contributed by atoms with E-state index in [-0.39, 0.29) is 5.69 Å². The largest absolute Gasteiger partial charge is 0.269 e. The Hall–Kier alpha value is -3.74. The number of rotatable bonds is 6. The maximum atomic E-state index is 10.7. The first-order valence-electron chi connectivity index (χ1n) is 7.88. The van der Waals surface area contributed by atoms with Crippen molar-refractivity contribution in [3.05, 3.63) is 101 Å². The van der Waals surface area contributed by atoms with Gasteiger partial charge < -0.3 is 0 Å². The maximum absolute atomic E-state index is 10.7. The van der Waals surface area contributed by atoms with Gasteiger partial charge in [0.05, 0.1) is 16.3 Å². The van der Waals surface area contributed by atoms with Crippen LogP contribution in [0.15, 0.2) is 105 Å². The second-order valence-corrected chi connectivity index (χ2v) is 5.32. The van der Waals surface area contributed by atoms with E-state index in [2.05, 4.69) is 20.5 Å². The maximum Gasteiger partial charge on any atom is 0.269 e. The fourth-order valence-electron chi connectivity index (χ4n) is 2.16. The van der Waals surface area contributed by atoms with Gasteiger partial charge in [0.2, 0.25) is 6.17 Å². The number of hydrogen-bond acceptors (Lipinski definition) is 6. The van der Waals surface area contributed by atoms with Gasteiger partial charge >= 0.3 is 0 Å². The van der Waals surface area contributed by atoms with Crippen LogP contribution in [0.1, 0.15) is 11.7 Å². The zero-order chi connectivity index (χ0) is 18.2. The van der Waals surface area contributed by atoms with Crippen LogP contribution in [-0.2, 0) is 0 Å². The molecule has 3 rings (SSSR count). The summed E-state index contributed by atoms with van der Waals surface area (Å²) in [6.45, 7) is 0. The van der Waals surface area contributed by atoms with E-state index in [0.717, 1.165) is 11.3 Å². The highest BCUT2D eigenvalue weighted by atomic mass is 16.6. The van der Waals surface area contributed by atoms with E-state index < -0.39 is 11.1 Å². The highest BCUT2D eigenvalue weighted by molar-refractivity contribution is 5.43. The van der Waals surface area contributed by atoms with Crippen LogP contribution in [0.2, 0.25) is 0 Å². The van der Waals surface area contributed by atoms with E-state index in [0.29, 0.717) is 5.69 Å². The summed E-state index contributed by atoms with van der Waals surface area (Å²) in [5.41, 5.74) is 2.08. The Morgan fingerprint density at radius 2 is 1.19 bits per heavy atom. The molecule has 0 fully saturated rings. The van der Waals surface area contributed by atoms with Crippen molar-refractivity contribution in [2.45, 2.75) is 6.17 Å². The molecule has 0 heterocycles. The fraction of sp³-hybridized carbons (Fsp3) is 0.0526. The Morgan fingerprint density at radius 1 is 0.692 bits per heavy atom. The van der Waals surface area contributed by atoms with Crippen molar-refractivity contribution in [3.8, 4) is 0 Å². The Labute approximate surface area is 149 Å². The molecule has 0 N–H and O–H groups in total. The molecule has 0 saturated carbocycles. The summed E-state index contributed by atoms with van der Waals surface area (Å²) in [4.78, 5) is 10.3. The van der Waals surface area contributed by atoms with Crippen LogP contribution in [0.3, 0.4) is 0 Å². The summed E-state index contributed by atoms with van der Waals surface area (Å²) < 4.78 is 0. The molecular formula is C19H15N5O2. The molecule has 0 bridgehead atoms.